The molecule has 0 aliphatic rings. The molecule has 0 aromatic rings. The largest absolute Gasteiger partial charge is 0.756 e. The van der Waals surface area contributed by atoms with Gasteiger partial charge in [-0.25, -0.2) is 0 Å². The molecule has 0 heterocycles. The summed E-state index contributed by atoms with van der Waals surface area (Å²) in [5.74, 6) is -0.162. The highest BCUT2D eigenvalue weighted by Crippen LogP contribution is 2.38. The van der Waals surface area contributed by atoms with Gasteiger partial charge in [-0.15, -0.1) is 0 Å². The molecule has 2 N–H and O–H groups in total. The first-order valence-corrected chi connectivity index (χ1v) is 35.4. The number of carbonyl (C=O) groups excluding carboxylic acids is 1. The van der Waals surface area contributed by atoms with Crippen molar-refractivity contribution < 1.29 is 32.9 Å². The van der Waals surface area contributed by atoms with E-state index in [-0.39, 0.29) is 19.1 Å². The lowest BCUT2D eigenvalue weighted by molar-refractivity contribution is -0.870. The fourth-order valence-corrected chi connectivity index (χ4v) is 10.6. The minimum absolute atomic E-state index is 0.0120. The Bertz CT molecular complexity index is 1580. The highest BCUT2D eigenvalue weighted by atomic mass is 31.2. The van der Waals surface area contributed by atoms with E-state index in [2.05, 4.69) is 104 Å². The highest BCUT2D eigenvalue weighted by Gasteiger charge is 2.24. The molecule has 0 aromatic carbocycles. The van der Waals surface area contributed by atoms with Crippen LogP contribution in [0.4, 0.5) is 0 Å². The number of hydrogen-bond donors (Lipinski definition) is 2. The van der Waals surface area contributed by atoms with Crippen molar-refractivity contribution in [1.29, 1.82) is 0 Å². The van der Waals surface area contributed by atoms with E-state index >= 15 is 0 Å². The molecule has 0 radical (unpaired) electrons. The van der Waals surface area contributed by atoms with Crippen LogP contribution in [-0.2, 0) is 18.4 Å². The van der Waals surface area contributed by atoms with Crippen LogP contribution in [0.25, 0.3) is 0 Å². The third kappa shape index (κ3) is 63.3. The number of aliphatic hydroxyl groups is 1. The first kappa shape index (κ1) is 77.7. The maximum Gasteiger partial charge on any atom is 0.268 e. The van der Waals surface area contributed by atoms with Crippen LogP contribution in [0.15, 0.2) is 85.1 Å². The molecule has 8 nitrogen and oxygen atoms in total. The average molecular weight is 1140 g/mol. The van der Waals surface area contributed by atoms with E-state index in [0.29, 0.717) is 23.9 Å². The van der Waals surface area contributed by atoms with Crippen molar-refractivity contribution in [2.75, 3.05) is 40.9 Å². The molecule has 1 amide bonds. The van der Waals surface area contributed by atoms with Gasteiger partial charge in [-0.3, -0.25) is 9.36 Å². The molecule has 3 atom stereocenters. The molecule has 0 aromatic heterocycles. The van der Waals surface area contributed by atoms with Gasteiger partial charge < -0.3 is 28.8 Å². The number of nitrogens with one attached hydrogen (secondary N) is 1. The van der Waals surface area contributed by atoms with Gasteiger partial charge in [0, 0.05) is 6.42 Å². The monoisotopic (exact) mass is 1140 g/mol. The van der Waals surface area contributed by atoms with Crippen LogP contribution in [0, 0.1) is 0 Å². The fraction of sp³-hybridized carbons (Fsp3) is 0.789. The Labute approximate surface area is 497 Å². The Morgan fingerprint density at radius 3 is 1.11 bits per heavy atom. The van der Waals surface area contributed by atoms with Crippen LogP contribution in [0.1, 0.15) is 309 Å². The molecule has 9 heteroatoms. The fourth-order valence-electron chi connectivity index (χ4n) is 9.91. The molecule has 0 bridgehead atoms. The third-order valence-corrected chi connectivity index (χ3v) is 16.1. The number of phosphoric ester groups is 1. The van der Waals surface area contributed by atoms with E-state index in [1.807, 2.05) is 21.1 Å². The maximum atomic E-state index is 13.0. The first-order chi connectivity index (χ1) is 39.0. The normalized spacial score (nSPS) is 14.2. The molecule has 0 aliphatic heterocycles. The Balaban J connectivity index is 3.94. The Morgan fingerprint density at radius 2 is 0.762 bits per heavy atom. The van der Waals surface area contributed by atoms with Crippen molar-refractivity contribution >= 4 is 13.7 Å². The zero-order valence-corrected chi connectivity index (χ0v) is 54.2. The standard InChI is InChI=1S/C71H131N2O6P/c1-6-8-10-12-14-16-18-20-22-24-25-26-27-28-29-30-31-32-33-34-35-36-37-38-39-40-41-42-43-44-45-46-47-49-51-53-55-57-59-61-63-65-71(75)72-69(68-79-80(76,77)78-67-66-73(3,4)5)70(74)64-62-60-58-56-54-52-50-48-23-21-19-17-15-13-11-9-7-2/h8,10,14,16,20,22,25-26,28-29,31-32,34-35,69-70,74H,6-7,9,11-13,15,17-19,21,23-24,27,30,33,36-68H2,1-5H3,(H-,72,75,76,77)/b10-8-,16-14-,22-20-,26-25-,29-28-,32-31-,35-34-. The summed E-state index contributed by atoms with van der Waals surface area (Å²) in [6, 6.07) is -0.802. The number of likely N-dealkylation sites (N-methyl/N-ethyl adjacent to an activating group) is 1. The summed E-state index contributed by atoms with van der Waals surface area (Å²) < 4.78 is 23.5. The van der Waals surface area contributed by atoms with Crippen LogP contribution in [0.2, 0.25) is 0 Å². The predicted octanol–water partition coefficient (Wildman–Crippen LogP) is 20.9. The summed E-state index contributed by atoms with van der Waals surface area (Å²) in [6.07, 6.45) is 86.5. The molecular weight excluding hydrogens is 1010 g/mol. The zero-order valence-electron chi connectivity index (χ0n) is 53.3. The topological polar surface area (TPSA) is 108 Å². The van der Waals surface area contributed by atoms with Gasteiger partial charge in [0.2, 0.25) is 5.91 Å². The second-order valence-corrected chi connectivity index (χ2v) is 25.6. The minimum atomic E-state index is -4.58. The number of amides is 1. The third-order valence-electron chi connectivity index (χ3n) is 15.1. The van der Waals surface area contributed by atoms with E-state index in [0.717, 1.165) is 83.5 Å². The molecule has 0 aliphatic carbocycles. The van der Waals surface area contributed by atoms with Gasteiger partial charge in [-0.1, -0.05) is 317 Å². The number of phosphoric acid groups is 1. The number of quaternary nitrogens is 1. The summed E-state index contributed by atoms with van der Waals surface area (Å²) in [6.45, 7) is 4.64. The molecule has 466 valence electrons. The van der Waals surface area contributed by atoms with Crippen LogP contribution < -0.4 is 10.2 Å². The number of hydrogen-bond acceptors (Lipinski definition) is 6. The second-order valence-electron chi connectivity index (χ2n) is 24.2. The van der Waals surface area contributed by atoms with E-state index in [1.165, 1.54) is 199 Å². The van der Waals surface area contributed by atoms with Crippen molar-refractivity contribution in [1.82, 2.24) is 5.32 Å². The SMILES string of the molecule is CC/C=C\C/C=C\C/C=C\C/C=C\C/C=C\C/C=C\C/C=C\CCCCCCCCCCCCCCCCCCCCCC(=O)NC(COP(=O)([O-])OCC[N+](C)(C)C)C(O)CCCCCCCCCCCCCCCCCCC. The van der Waals surface area contributed by atoms with Gasteiger partial charge in [-0.05, 0) is 70.6 Å². The maximum absolute atomic E-state index is 13.0. The molecule has 80 heavy (non-hydrogen) atoms. The lowest BCUT2D eigenvalue weighted by atomic mass is 10.0. The van der Waals surface area contributed by atoms with E-state index < -0.39 is 20.0 Å². The lowest BCUT2D eigenvalue weighted by Gasteiger charge is -2.30. The second kappa shape index (κ2) is 61.2. The molecule has 0 saturated heterocycles. The quantitative estimate of drug-likeness (QED) is 0.0272. The number of aliphatic hydroxyl groups excluding tert-OH is 1. The summed E-state index contributed by atoms with van der Waals surface area (Å²) in [7, 11) is 1.31. The molecule has 0 saturated carbocycles. The molecule has 0 fully saturated rings. The van der Waals surface area contributed by atoms with Gasteiger partial charge in [-0.2, -0.15) is 0 Å². The van der Waals surface area contributed by atoms with E-state index in [4.69, 9.17) is 9.05 Å². The van der Waals surface area contributed by atoms with Crippen LogP contribution in [0.5, 0.6) is 0 Å². The summed E-state index contributed by atoms with van der Waals surface area (Å²) in [5.41, 5.74) is 0. The Morgan fingerprint density at radius 1 is 0.450 bits per heavy atom. The van der Waals surface area contributed by atoms with Gasteiger partial charge in [0.25, 0.3) is 7.82 Å². The van der Waals surface area contributed by atoms with Crippen LogP contribution in [-0.4, -0.2) is 68.5 Å². The van der Waals surface area contributed by atoms with Crippen molar-refractivity contribution in [2.45, 2.75) is 321 Å². The molecule has 3 unspecified atom stereocenters. The van der Waals surface area contributed by atoms with Crippen molar-refractivity contribution in [3.63, 3.8) is 0 Å². The van der Waals surface area contributed by atoms with Gasteiger partial charge >= 0.3 is 0 Å². The number of unbranched alkanes of at least 4 members (excludes halogenated alkanes) is 35. The number of allylic oxidation sites excluding steroid dienone is 14. The summed E-state index contributed by atoms with van der Waals surface area (Å²) in [5, 5.41) is 14.1. The molecule has 0 rings (SSSR count). The van der Waals surface area contributed by atoms with E-state index in [9.17, 15) is 19.4 Å². The Kier molecular flexibility index (Phi) is 59.5. The highest BCUT2D eigenvalue weighted by molar-refractivity contribution is 7.45. The van der Waals surface area contributed by atoms with Crippen LogP contribution in [0.3, 0.4) is 0 Å². The molecular formula is C71H131N2O6P. The number of nitrogens with zero attached hydrogens (tertiary/aromatic N) is 1. The minimum Gasteiger partial charge on any atom is -0.756 e. The van der Waals surface area contributed by atoms with Gasteiger partial charge in [0.1, 0.15) is 13.2 Å². The van der Waals surface area contributed by atoms with Gasteiger partial charge in [0.15, 0.2) is 0 Å². The Hall–Kier alpha value is -2.32. The van der Waals surface area contributed by atoms with E-state index in [1.54, 1.807) is 0 Å². The zero-order chi connectivity index (χ0) is 58.4. The number of carbonyl (C=O) groups is 1. The predicted molar refractivity (Wildman–Crippen MR) is 348 cm³/mol. The average Bonchev–Trinajstić information content (AvgIpc) is 3.42. The first-order valence-electron chi connectivity index (χ1n) is 33.9. The summed E-state index contributed by atoms with van der Waals surface area (Å²) in [4.78, 5) is 25.6. The summed E-state index contributed by atoms with van der Waals surface area (Å²) >= 11 is 0. The van der Waals surface area contributed by atoms with Crippen molar-refractivity contribution in [3.8, 4) is 0 Å². The van der Waals surface area contributed by atoms with Crippen molar-refractivity contribution in [2.24, 2.45) is 0 Å². The number of rotatable bonds is 62. The van der Waals surface area contributed by atoms with Gasteiger partial charge in [0.05, 0.1) is 39.9 Å². The smallest absolute Gasteiger partial charge is 0.268 e. The van der Waals surface area contributed by atoms with Crippen molar-refractivity contribution in [3.05, 3.63) is 85.1 Å². The van der Waals surface area contributed by atoms with Crippen LogP contribution >= 0.6 is 7.82 Å². The molecule has 0 spiro atoms. The lowest BCUT2D eigenvalue weighted by Crippen LogP contribution is -2.46.